The van der Waals surface area contributed by atoms with E-state index in [4.69, 9.17) is 4.74 Å². The number of carbonyl (C=O) groups excluding carboxylic acids is 1. The number of sulfonamides is 1. The first-order valence-corrected chi connectivity index (χ1v) is 17.2. The van der Waals surface area contributed by atoms with E-state index in [0.29, 0.717) is 45.2 Å². The van der Waals surface area contributed by atoms with Gasteiger partial charge in [-0.25, -0.2) is 13.4 Å². The molecule has 47 heavy (non-hydrogen) atoms. The molecule has 5 rings (SSSR count). The molecule has 0 spiro atoms. The molecule has 14 nitrogen and oxygen atoms in total. The molecule has 0 saturated carbocycles. The topological polar surface area (TPSA) is 177 Å². The van der Waals surface area contributed by atoms with Crippen molar-refractivity contribution in [2.24, 2.45) is 23.0 Å². The fourth-order valence-corrected chi connectivity index (χ4v) is 6.11. The van der Waals surface area contributed by atoms with Crippen LogP contribution in [0.2, 0.25) is 0 Å². The molecule has 246 valence electrons. The van der Waals surface area contributed by atoms with Gasteiger partial charge < -0.3 is 25.5 Å². The number of benzene rings is 2. The summed E-state index contributed by atoms with van der Waals surface area (Å²) in [6, 6.07) is 7.21. The predicted octanol–water partition coefficient (Wildman–Crippen LogP) is 6.12. The second-order valence-corrected chi connectivity index (χ2v) is 13.7. The summed E-state index contributed by atoms with van der Waals surface area (Å²) in [4.78, 5) is 29.1. The second-order valence-electron chi connectivity index (χ2n) is 11.1. The van der Waals surface area contributed by atoms with E-state index >= 15 is 0 Å². The van der Waals surface area contributed by atoms with Crippen molar-refractivity contribution < 1.29 is 17.9 Å². The quantitative estimate of drug-likeness (QED) is 0.0983. The molecular weight excluding hydrogens is 688 g/mol. The molecule has 0 radical (unpaired) electrons. The van der Waals surface area contributed by atoms with Gasteiger partial charge in [0, 0.05) is 66.4 Å². The zero-order valence-electron chi connectivity index (χ0n) is 26.5. The highest BCUT2D eigenvalue weighted by molar-refractivity contribution is 9.10. The number of rotatable bonds is 12. The lowest BCUT2D eigenvalue weighted by molar-refractivity contribution is -0.110. The lowest BCUT2D eigenvalue weighted by atomic mass is 10.0. The van der Waals surface area contributed by atoms with E-state index in [1.807, 2.05) is 30.1 Å². The summed E-state index contributed by atoms with van der Waals surface area (Å²) in [5.74, 6) is 0.902. The van der Waals surface area contributed by atoms with Crippen LogP contribution in [0.1, 0.15) is 26.0 Å². The molecule has 0 aliphatic carbocycles. The number of anilines is 6. The van der Waals surface area contributed by atoms with Crippen molar-refractivity contribution in [2.75, 3.05) is 40.6 Å². The fraction of sp³-hybridized carbons (Fsp3) is 0.290. The number of fused-ring (bicyclic) bond motifs is 3. The van der Waals surface area contributed by atoms with Gasteiger partial charge in [-0.1, -0.05) is 6.92 Å². The molecule has 4 aromatic rings. The summed E-state index contributed by atoms with van der Waals surface area (Å²) in [5, 5.41) is 14.4. The number of aldehydes is 1. The smallest absolute Gasteiger partial charge is 0.229 e. The van der Waals surface area contributed by atoms with Crippen molar-refractivity contribution in [1.82, 2.24) is 19.7 Å². The zero-order valence-corrected chi connectivity index (χ0v) is 29.0. The first-order chi connectivity index (χ1) is 22.4. The van der Waals surface area contributed by atoms with Gasteiger partial charge in [-0.15, -0.1) is 0 Å². The predicted molar refractivity (Wildman–Crippen MR) is 190 cm³/mol. The Morgan fingerprint density at radius 3 is 2.72 bits per heavy atom. The highest BCUT2D eigenvalue weighted by Crippen LogP contribution is 2.44. The van der Waals surface area contributed by atoms with E-state index < -0.39 is 10.0 Å². The SMILES string of the molecule is C=Nc1ccc(Nc2nc(Nc3cc4c(cc3OC)NCCc3c-4cnn3C)ncc2Br)c(NS(C)(=O)=O)c1N=C(C)CC(C)C=O. The van der Waals surface area contributed by atoms with Crippen LogP contribution >= 0.6 is 15.9 Å². The van der Waals surface area contributed by atoms with Crippen molar-refractivity contribution in [3.05, 3.63) is 46.8 Å². The van der Waals surface area contributed by atoms with E-state index in [0.717, 1.165) is 48.0 Å². The van der Waals surface area contributed by atoms with Crippen LogP contribution in [-0.4, -0.2) is 66.8 Å². The molecule has 16 heteroatoms. The molecule has 0 amide bonds. The summed E-state index contributed by atoms with van der Waals surface area (Å²) in [5.41, 5.74) is 6.36. The number of hydrogen-bond acceptors (Lipinski definition) is 12. The molecule has 4 N–H and O–H groups in total. The lowest BCUT2D eigenvalue weighted by Gasteiger charge is -2.18. The summed E-state index contributed by atoms with van der Waals surface area (Å²) in [6.07, 6.45) is 6.51. The summed E-state index contributed by atoms with van der Waals surface area (Å²) < 4.78 is 35.7. The maximum atomic E-state index is 12.5. The molecular formula is C31H35BrN10O4S. The molecule has 1 aliphatic heterocycles. The minimum Gasteiger partial charge on any atom is -0.494 e. The van der Waals surface area contributed by atoms with E-state index in [1.165, 1.54) is 0 Å². The summed E-state index contributed by atoms with van der Waals surface area (Å²) in [6.45, 7) is 7.92. The summed E-state index contributed by atoms with van der Waals surface area (Å²) >= 11 is 3.50. The van der Waals surface area contributed by atoms with Gasteiger partial charge in [-0.05, 0) is 54.2 Å². The van der Waals surface area contributed by atoms with Gasteiger partial charge in [0.2, 0.25) is 16.0 Å². The molecule has 0 bridgehead atoms. The van der Waals surface area contributed by atoms with Crippen molar-refractivity contribution in [1.29, 1.82) is 0 Å². The second kappa shape index (κ2) is 13.9. The average Bonchev–Trinajstić information content (AvgIpc) is 3.29. The number of methoxy groups -OCH3 is 1. The Labute approximate surface area is 281 Å². The molecule has 1 aliphatic rings. The number of halogens is 1. The van der Waals surface area contributed by atoms with Gasteiger partial charge in [-0.3, -0.25) is 19.4 Å². The number of ether oxygens (including phenoxy) is 1. The summed E-state index contributed by atoms with van der Waals surface area (Å²) in [7, 11) is -0.237. The third-order valence-electron chi connectivity index (χ3n) is 7.38. The largest absolute Gasteiger partial charge is 0.494 e. The monoisotopic (exact) mass is 722 g/mol. The highest BCUT2D eigenvalue weighted by atomic mass is 79.9. The minimum absolute atomic E-state index is 0.141. The van der Waals surface area contributed by atoms with Crippen LogP contribution < -0.4 is 25.4 Å². The Bertz CT molecular complexity index is 1990. The van der Waals surface area contributed by atoms with Crippen LogP contribution in [0.4, 0.5) is 45.9 Å². The Kier molecular flexibility index (Phi) is 9.91. The van der Waals surface area contributed by atoms with Gasteiger partial charge in [0.25, 0.3) is 0 Å². The van der Waals surface area contributed by atoms with Gasteiger partial charge in [0.15, 0.2) is 0 Å². The van der Waals surface area contributed by atoms with Gasteiger partial charge in [0.1, 0.15) is 23.5 Å². The van der Waals surface area contributed by atoms with E-state index in [1.54, 1.807) is 39.3 Å². The van der Waals surface area contributed by atoms with E-state index in [2.05, 4.69) is 68.4 Å². The van der Waals surface area contributed by atoms with Gasteiger partial charge in [-0.2, -0.15) is 10.1 Å². The average molecular weight is 724 g/mol. The third kappa shape index (κ3) is 7.60. The van der Waals surface area contributed by atoms with Crippen molar-refractivity contribution >= 4 is 90.6 Å². The highest BCUT2D eigenvalue weighted by Gasteiger charge is 2.22. The molecule has 2 aromatic carbocycles. The van der Waals surface area contributed by atoms with E-state index in [-0.39, 0.29) is 23.2 Å². The number of aryl methyl sites for hydroxylation is 1. The fourth-order valence-electron chi connectivity index (χ4n) is 5.24. The van der Waals surface area contributed by atoms with Crippen LogP contribution in [-0.2, 0) is 28.3 Å². The maximum absolute atomic E-state index is 12.5. The molecule has 0 saturated heterocycles. The third-order valence-corrected chi connectivity index (χ3v) is 8.53. The van der Waals surface area contributed by atoms with Crippen molar-refractivity contribution in [2.45, 2.75) is 26.7 Å². The maximum Gasteiger partial charge on any atom is 0.229 e. The molecule has 0 fully saturated rings. The van der Waals surface area contributed by atoms with Crippen LogP contribution in [0.3, 0.4) is 0 Å². The Morgan fingerprint density at radius 2 is 2.02 bits per heavy atom. The molecule has 3 heterocycles. The Balaban J connectivity index is 1.54. The number of nitrogens with one attached hydrogen (secondary N) is 4. The van der Waals surface area contributed by atoms with E-state index in [9.17, 15) is 13.2 Å². The molecule has 1 unspecified atom stereocenters. The number of carbonyl (C=O) groups is 1. The van der Waals surface area contributed by atoms with Crippen LogP contribution in [0.25, 0.3) is 11.1 Å². The van der Waals surface area contributed by atoms with Crippen LogP contribution in [0.5, 0.6) is 5.75 Å². The first-order valence-electron chi connectivity index (χ1n) is 14.6. The number of hydrogen-bond donors (Lipinski definition) is 4. The zero-order chi connectivity index (χ0) is 33.9. The standard InChI is InChI=1S/C31H35BrN10O4S/c1-17(16-43)11-18(2)37-28-22(33-3)7-8-23(29(28)41-47(6,44)45)38-30-21(32)15-35-31(40-30)39-25-12-19-20-14-36-42(4)26(20)9-10-34-24(19)13-27(25)46-5/h7-8,12-17,34,41H,3,9-11H2,1-2,4-6H3,(H2,35,38,39,40). The molecule has 2 aromatic heterocycles. The normalized spacial score (nSPS) is 13.4. The van der Waals surface area contributed by atoms with Crippen molar-refractivity contribution in [3.8, 4) is 16.9 Å². The molecule has 1 atom stereocenters. The first kappa shape index (κ1) is 33.5. The van der Waals surface area contributed by atoms with Crippen LogP contribution in [0, 0.1) is 5.92 Å². The van der Waals surface area contributed by atoms with Crippen molar-refractivity contribution in [3.63, 3.8) is 0 Å². The number of aliphatic imine (C=N–C) groups is 2. The lowest BCUT2D eigenvalue weighted by Crippen LogP contribution is -2.12. The minimum atomic E-state index is -3.76. The Morgan fingerprint density at radius 1 is 1.23 bits per heavy atom. The van der Waals surface area contributed by atoms with Gasteiger partial charge in [0.05, 0.1) is 46.8 Å². The van der Waals surface area contributed by atoms with Gasteiger partial charge >= 0.3 is 0 Å². The number of nitrogens with zero attached hydrogens (tertiary/aromatic N) is 6. The van der Waals surface area contributed by atoms with Crippen LogP contribution in [0.15, 0.2) is 51.1 Å². The number of aromatic nitrogens is 4. The Hall–Kier alpha value is -4.83.